The summed E-state index contributed by atoms with van der Waals surface area (Å²) in [5.41, 5.74) is 2.09. The molecular formula is C30H44N4O. The van der Waals surface area contributed by atoms with Crippen LogP contribution in [0, 0.1) is 23.2 Å². The van der Waals surface area contributed by atoms with Crippen molar-refractivity contribution in [2.24, 2.45) is 23.2 Å². The first kappa shape index (κ1) is 24.5. The van der Waals surface area contributed by atoms with Gasteiger partial charge in [-0.1, -0.05) is 32.3 Å². The molecule has 1 aromatic carbocycles. The van der Waals surface area contributed by atoms with Crippen LogP contribution in [-0.2, 0) is 4.79 Å². The predicted molar refractivity (Wildman–Crippen MR) is 146 cm³/mol. The number of unbranched alkanes of at least 4 members (excludes halogenated alkanes) is 3. The van der Waals surface area contributed by atoms with Gasteiger partial charge in [0.2, 0.25) is 5.91 Å². The van der Waals surface area contributed by atoms with E-state index < -0.39 is 0 Å². The van der Waals surface area contributed by atoms with Gasteiger partial charge in [-0.2, -0.15) is 0 Å². The second-order valence-corrected chi connectivity index (χ2v) is 11.8. The van der Waals surface area contributed by atoms with Crippen LogP contribution in [0.5, 0.6) is 0 Å². The van der Waals surface area contributed by atoms with E-state index in [1.807, 2.05) is 24.3 Å². The monoisotopic (exact) mass is 476 g/mol. The van der Waals surface area contributed by atoms with Crippen molar-refractivity contribution in [2.75, 3.05) is 30.3 Å². The molecule has 0 unspecified atom stereocenters. The maximum atomic E-state index is 13.2. The van der Waals surface area contributed by atoms with Gasteiger partial charge in [-0.05, 0) is 112 Å². The van der Waals surface area contributed by atoms with Crippen molar-refractivity contribution >= 4 is 28.3 Å². The van der Waals surface area contributed by atoms with Crippen molar-refractivity contribution in [1.82, 2.24) is 10.3 Å². The Hall–Kier alpha value is -2.14. The second kappa shape index (κ2) is 11.3. The first-order chi connectivity index (χ1) is 17.1. The van der Waals surface area contributed by atoms with E-state index in [0.29, 0.717) is 6.42 Å². The fraction of sp³-hybridized carbons (Fsp3) is 0.667. The van der Waals surface area contributed by atoms with Gasteiger partial charge in [0.25, 0.3) is 0 Å². The molecule has 3 N–H and O–H groups in total. The summed E-state index contributed by atoms with van der Waals surface area (Å²) in [6.45, 7) is 5.31. The Balaban J connectivity index is 1.11. The molecule has 1 aromatic heterocycles. The van der Waals surface area contributed by atoms with Crippen LogP contribution in [0.15, 0.2) is 30.3 Å². The third kappa shape index (κ3) is 6.17. The van der Waals surface area contributed by atoms with Crippen molar-refractivity contribution in [2.45, 2.75) is 84.0 Å². The minimum Gasteiger partial charge on any atom is -0.370 e. The Kier molecular flexibility index (Phi) is 7.91. The van der Waals surface area contributed by atoms with Crippen LogP contribution in [0.3, 0.4) is 0 Å². The second-order valence-electron chi connectivity index (χ2n) is 11.8. The van der Waals surface area contributed by atoms with Gasteiger partial charge in [0.1, 0.15) is 5.82 Å². The van der Waals surface area contributed by atoms with E-state index in [1.165, 1.54) is 64.2 Å². The van der Waals surface area contributed by atoms with Crippen molar-refractivity contribution < 1.29 is 4.79 Å². The number of hydrogen-bond acceptors (Lipinski definition) is 4. The molecule has 0 spiro atoms. The number of pyridine rings is 1. The van der Waals surface area contributed by atoms with Gasteiger partial charge < -0.3 is 16.0 Å². The van der Waals surface area contributed by atoms with E-state index in [2.05, 4.69) is 28.9 Å². The topological polar surface area (TPSA) is 66.0 Å². The molecule has 5 nitrogen and oxygen atoms in total. The van der Waals surface area contributed by atoms with Crippen LogP contribution in [0.25, 0.3) is 10.9 Å². The highest BCUT2D eigenvalue weighted by atomic mass is 16.1. The molecule has 4 saturated carbocycles. The number of rotatable bonds is 13. The SMILES string of the molecule is CCCCCCNCCCNc1ccc2c(NC(=O)CC34CC5CC(CC(C5)C3)C4)cccc2n1. The van der Waals surface area contributed by atoms with E-state index in [0.717, 1.165) is 66.2 Å². The van der Waals surface area contributed by atoms with Gasteiger partial charge in [-0.15, -0.1) is 0 Å². The number of fused-ring (bicyclic) bond motifs is 1. The fourth-order valence-corrected chi connectivity index (χ4v) is 7.64. The summed E-state index contributed by atoms with van der Waals surface area (Å²) in [6.07, 6.45) is 15.1. The molecule has 0 saturated heterocycles. The van der Waals surface area contributed by atoms with Gasteiger partial charge in [-0.25, -0.2) is 4.98 Å². The molecule has 4 bridgehead atoms. The summed E-state index contributed by atoms with van der Waals surface area (Å²) in [7, 11) is 0. The Morgan fingerprint density at radius 2 is 1.66 bits per heavy atom. The standard InChI is InChI=1S/C30H44N4O/c1-2-3-4-5-12-31-13-7-14-32-28-11-10-25-26(33-28)8-6-9-27(25)34-29(35)21-30-18-22-15-23(19-30)17-24(16-22)20-30/h6,8-11,22-24,31H,2-5,7,12-21H2,1H3,(H,32,33)(H,34,35). The zero-order valence-corrected chi connectivity index (χ0v) is 21.6. The van der Waals surface area contributed by atoms with Crippen molar-refractivity contribution in [3.8, 4) is 0 Å². The molecule has 4 aliphatic rings. The number of carbonyl (C=O) groups is 1. The number of carbonyl (C=O) groups excluding carboxylic acids is 1. The normalized spacial score (nSPS) is 26.8. The predicted octanol–water partition coefficient (Wildman–Crippen LogP) is 6.75. The molecule has 0 aliphatic heterocycles. The Bertz CT molecular complexity index is 968. The van der Waals surface area contributed by atoms with Crippen molar-refractivity contribution in [3.63, 3.8) is 0 Å². The summed E-state index contributed by atoms with van der Waals surface area (Å²) in [4.78, 5) is 18.0. The number of nitrogens with zero attached hydrogens (tertiary/aromatic N) is 1. The number of hydrogen-bond donors (Lipinski definition) is 3. The quantitative estimate of drug-likeness (QED) is 0.280. The minimum absolute atomic E-state index is 0.184. The summed E-state index contributed by atoms with van der Waals surface area (Å²) < 4.78 is 0. The zero-order valence-electron chi connectivity index (χ0n) is 21.6. The molecule has 190 valence electrons. The first-order valence-electron chi connectivity index (χ1n) is 14.3. The van der Waals surface area contributed by atoms with E-state index in [4.69, 9.17) is 4.98 Å². The molecule has 35 heavy (non-hydrogen) atoms. The highest BCUT2D eigenvalue weighted by Gasteiger charge is 2.51. The average molecular weight is 477 g/mol. The Morgan fingerprint density at radius 3 is 2.40 bits per heavy atom. The first-order valence-corrected chi connectivity index (χ1v) is 14.3. The zero-order chi connectivity index (χ0) is 24.1. The molecule has 4 aliphatic carbocycles. The van der Waals surface area contributed by atoms with E-state index in [1.54, 1.807) is 0 Å². The number of nitrogens with one attached hydrogen (secondary N) is 3. The fourth-order valence-electron chi connectivity index (χ4n) is 7.64. The third-order valence-corrected chi connectivity index (χ3v) is 8.75. The molecule has 0 radical (unpaired) electrons. The van der Waals surface area contributed by atoms with Gasteiger partial charge >= 0.3 is 0 Å². The molecule has 4 fully saturated rings. The van der Waals surface area contributed by atoms with Crippen LogP contribution in [-0.4, -0.2) is 30.5 Å². The lowest BCUT2D eigenvalue weighted by Crippen LogP contribution is -2.47. The molecule has 2 aromatic rings. The molecule has 1 heterocycles. The lowest BCUT2D eigenvalue weighted by atomic mass is 9.49. The van der Waals surface area contributed by atoms with Crippen LogP contribution >= 0.6 is 0 Å². The van der Waals surface area contributed by atoms with Crippen LogP contribution in [0.1, 0.15) is 84.0 Å². The molecule has 6 rings (SSSR count). The van der Waals surface area contributed by atoms with Gasteiger partial charge in [-0.3, -0.25) is 4.79 Å². The van der Waals surface area contributed by atoms with Crippen LogP contribution in [0.4, 0.5) is 11.5 Å². The van der Waals surface area contributed by atoms with Crippen LogP contribution in [0.2, 0.25) is 0 Å². The minimum atomic E-state index is 0.184. The maximum Gasteiger partial charge on any atom is 0.224 e. The lowest BCUT2D eigenvalue weighted by Gasteiger charge is -2.56. The largest absolute Gasteiger partial charge is 0.370 e. The summed E-state index contributed by atoms with van der Waals surface area (Å²) in [5.74, 6) is 3.72. The molecule has 5 heteroatoms. The Labute approximate surface area is 211 Å². The smallest absolute Gasteiger partial charge is 0.224 e. The highest BCUT2D eigenvalue weighted by Crippen LogP contribution is 2.61. The maximum absolute atomic E-state index is 13.2. The summed E-state index contributed by atoms with van der Waals surface area (Å²) in [5, 5.41) is 11.3. The summed E-state index contributed by atoms with van der Waals surface area (Å²) in [6, 6.07) is 10.2. The summed E-state index contributed by atoms with van der Waals surface area (Å²) >= 11 is 0. The van der Waals surface area contributed by atoms with Gasteiger partial charge in [0.05, 0.1) is 11.2 Å². The average Bonchev–Trinajstić information content (AvgIpc) is 2.82. The highest BCUT2D eigenvalue weighted by molar-refractivity contribution is 6.01. The van der Waals surface area contributed by atoms with Crippen molar-refractivity contribution in [1.29, 1.82) is 0 Å². The molecule has 0 atom stereocenters. The number of benzene rings is 1. The third-order valence-electron chi connectivity index (χ3n) is 8.75. The van der Waals surface area contributed by atoms with Gasteiger partial charge in [0.15, 0.2) is 0 Å². The van der Waals surface area contributed by atoms with Gasteiger partial charge in [0, 0.05) is 18.4 Å². The lowest BCUT2D eigenvalue weighted by molar-refractivity contribution is -0.124. The van der Waals surface area contributed by atoms with Crippen LogP contribution < -0.4 is 16.0 Å². The molecule has 1 amide bonds. The van der Waals surface area contributed by atoms with E-state index in [-0.39, 0.29) is 11.3 Å². The number of amides is 1. The van der Waals surface area contributed by atoms with Crippen molar-refractivity contribution in [3.05, 3.63) is 30.3 Å². The Morgan fingerprint density at radius 1 is 0.914 bits per heavy atom. The number of anilines is 2. The van der Waals surface area contributed by atoms with E-state index in [9.17, 15) is 4.79 Å². The molecular weight excluding hydrogens is 432 g/mol. The van der Waals surface area contributed by atoms with E-state index >= 15 is 0 Å². The number of aromatic nitrogens is 1.